The molecule has 0 unspecified atom stereocenters. The number of aromatic nitrogens is 2. The van der Waals surface area contributed by atoms with Crippen molar-refractivity contribution in [3.8, 4) is 22.5 Å². The van der Waals surface area contributed by atoms with Crippen LogP contribution in [0.5, 0.6) is 0 Å². The first kappa shape index (κ1) is 40.5. The minimum Gasteiger partial charge on any atom is -0.311 e. The Labute approximate surface area is 364 Å². The van der Waals surface area contributed by atoms with Crippen molar-refractivity contribution in [3.63, 3.8) is 0 Å². The molecule has 0 bridgehead atoms. The van der Waals surface area contributed by atoms with Crippen LogP contribution in [0.3, 0.4) is 0 Å². The molecule has 2 aliphatic heterocycles. The van der Waals surface area contributed by atoms with Gasteiger partial charge in [0.05, 0.1) is 23.8 Å². The average molecular weight is 799 g/mol. The van der Waals surface area contributed by atoms with E-state index in [1.807, 2.05) is 18.5 Å². The highest BCUT2D eigenvalue weighted by Gasteiger charge is 2.44. The molecule has 3 heterocycles. The smallest absolute Gasteiger partial charge is 0.252 e. The third-order valence-electron chi connectivity index (χ3n) is 12.8. The molecule has 0 aliphatic carbocycles. The summed E-state index contributed by atoms with van der Waals surface area (Å²) in [5.41, 5.74) is 20.0. The van der Waals surface area contributed by atoms with Gasteiger partial charge in [-0.25, -0.2) is 4.98 Å². The quantitative estimate of drug-likeness (QED) is 0.166. The third-order valence-corrected chi connectivity index (χ3v) is 12.8. The summed E-state index contributed by atoms with van der Waals surface area (Å²) in [5.74, 6) is 0. The Bertz CT molecular complexity index is 2630. The summed E-state index contributed by atoms with van der Waals surface area (Å²) >= 11 is 0. The van der Waals surface area contributed by atoms with E-state index < -0.39 is 0 Å². The van der Waals surface area contributed by atoms with Crippen LogP contribution in [0.4, 0.5) is 34.1 Å². The van der Waals surface area contributed by atoms with Crippen LogP contribution < -0.4 is 26.2 Å². The summed E-state index contributed by atoms with van der Waals surface area (Å²) in [4.78, 5) is 15.1. The molecule has 0 N–H and O–H groups in total. The lowest BCUT2D eigenvalue weighted by molar-refractivity contribution is 0.590. The minimum absolute atomic E-state index is 0.00872. The van der Waals surface area contributed by atoms with Crippen molar-refractivity contribution >= 4 is 57.2 Å². The topological polar surface area (TPSA) is 32.3 Å². The van der Waals surface area contributed by atoms with Crippen LogP contribution in [-0.2, 0) is 21.7 Å². The second-order valence-corrected chi connectivity index (χ2v) is 21.3. The van der Waals surface area contributed by atoms with Crippen LogP contribution in [0.2, 0.25) is 0 Å². The second kappa shape index (κ2) is 14.3. The number of fused-ring (bicyclic) bond motifs is 4. The summed E-state index contributed by atoms with van der Waals surface area (Å²) in [6.07, 6.45) is 3.79. The summed E-state index contributed by atoms with van der Waals surface area (Å²) in [7, 11) is 0. The molecule has 0 saturated heterocycles. The van der Waals surface area contributed by atoms with Gasteiger partial charge in [0.1, 0.15) is 0 Å². The van der Waals surface area contributed by atoms with Gasteiger partial charge >= 0.3 is 0 Å². The van der Waals surface area contributed by atoms with Gasteiger partial charge in [0.15, 0.2) is 0 Å². The number of rotatable bonds is 4. The van der Waals surface area contributed by atoms with E-state index in [4.69, 9.17) is 9.97 Å². The zero-order valence-electron chi connectivity index (χ0n) is 38.1. The fraction of sp³-hybridized carbons (Fsp3) is 0.286. The maximum absolute atomic E-state index is 5.31. The first-order valence-electron chi connectivity index (χ1n) is 21.9. The zero-order chi connectivity index (χ0) is 43.2. The summed E-state index contributed by atoms with van der Waals surface area (Å²) in [5, 5.41) is 0. The number of anilines is 6. The van der Waals surface area contributed by atoms with Crippen LogP contribution in [-0.4, -0.2) is 16.7 Å². The molecule has 61 heavy (non-hydrogen) atoms. The van der Waals surface area contributed by atoms with E-state index in [1.165, 1.54) is 50.0 Å². The predicted octanol–water partition coefficient (Wildman–Crippen LogP) is 13.1. The highest BCUT2D eigenvalue weighted by atomic mass is 15.2. The molecule has 1 aromatic heterocycles. The zero-order valence-corrected chi connectivity index (χ0v) is 38.1. The maximum Gasteiger partial charge on any atom is 0.252 e. The SMILES string of the molecule is CC(C)(C)c1ccc(N2c3ccc(C(C)(C)C)cc3B3c4cc(C(C)(C)C)ccc4N(c4ccc(C(C)(C)C)cc4)c4cc(-c5cncc(-c6ccccc6)n5)cc2c43)cc1. The van der Waals surface area contributed by atoms with Crippen molar-refractivity contribution in [3.05, 3.63) is 162 Å². The molecule has 9 rings (SSSR count). The summed E-state index contributed by atoms with van der Waals surface area (Å²) in [6, 6.07) is 48.1. The monoisotopic (exact) mass is 798 g/mol. The van der Waals surface area contributed by atoms with Crippen LogP contribution in [0.25, 0.3) is 22.5 Å². The van der Waals surface area contributed by atoms with Crippen molar-refractivity contribution in [2.75, 3.05) is 9.80 Å². The third kappa shape index (κ3) is 7.26. The fourth-order valence-corrected chi connectivity index (χ4v) is 9.12. The molecule has 0 fully saturated rings. The molecule has 4 nitrogen and oxygen atoms in total. The highest BCUT2D eigenvalue weighted by Crippen LogP contribution is 2.47. The number of hydrogen-bond donors (Lipinski definition) is 0. The Balaban J connectivity index is 1.39. The molecule has 2 aliphatic rings. The van der Waals surface area contributed by atoms with Gasteiger partial charge in [-0.2, -0.15) is 0 Å². The normalized spacial score (nSPS) is 13.8. The van der Waals surface area contributed by atoms with E-state index in [0.717, 1.165) is 45.3 Å². The van der Waals surface area contributed by atoms with E-state index in [2.05, 4.69) is 214 Å². The molecule has 5 heteroatoms. The molecule has 0 saturated carbocycles. The van der Waals surface area contributed by atoms with Crippen molar-refractivity contribution in [1.29, 1.82) is 0 Å². The van der Waals surface area contributed by atoms with E-state index in [9.17, 15) is 0 Å². The Morgan fingerprint density at radius 1 is 0.393 bits per heavy atom. The van der Waals surface area contributed by atoms with E-state index in [0.29, 0.717) is 0 Å². The van der Waals surface area contributed by atoms with Gasteiger partial charge in [-0.05, 0) is 109 Å². The predicted molar refractivity (Wildman–Crippen MR) is 262 cm³/mol. The van der Waals surface area contributed by atoms with Gasteiger partial charge in [-0.1, -0.05) is 162 Å². The van der Waals surface area contributed by atoms with Crippen molar-refractivity contribution in [2.45, 2.75) is 105 Å². The van der Waals surface area contributed by atoms with Crippen molar-refractivity contribution < 1.29 is 0 Å². The molecular weight excluding hydrogens is 739 g/mol. The first-order chi connectivity index (χ1) is 28.8. The molecule has 0 atom stereocenters. The van der Waals surface area contributed by atoms with Crippen LogP contribution in [0.15, 0.2) is 140 Å². The Hall–Kier alpha value is -5.94. The van der Waals surface area contributed by atoms with Crippen molar-refractivity contribution in [2.24, 2.45) is 0 Å². The Morgan fingerprint density at radius 3 is 1.20 bits per heavy atom. The number of hydrogen-bond acceptors (Lipinski definition) is 4. The molecular formula is C56H59BN4. The second-order valence-electron chi connectivity index (χ2n) is 21.3. The molecule has 6 aromatic carbocycles. The molecule has 7 aromatic rings. The van der Waals surface area contributed by atoms with Gasteiger partial charge in [0.25, 0.3) is 6.71 Å². The molecule has 0 spiro atoms. The average Bonchev–Trinajstić information content (AvgIpc) is 3.22. The maximum atomic E-state index is 5.31. The van der Waals surface area contributed by atoms with E-state index >= 15 is 0 Å². The van der Waals surface area contributed by atoms with Crippen LogP contribution in [0.1, 0.15) is 105 Å². The first-order valence-corrected chi connectivity index (χ1v) is 21.9. The number of nitrogens with zero attached hydrogens (tertiary/aromatic N) is 4. The largest absolute Gasteiger partial charge is 0.311 e. The van der Waals surface area contributed by atoms with Crippen molar-refractivity contribution in [1.82, 2.24) is 9.97 Å². The molecule has 0 radical (unpaired) electrons. The van der Waals surface area contributed by atoms with Crippen LogP contribution >= 0.6 is 0 Å². The summed E-state index contributed by atoms with van der Waals surface area (Å²) < 4.78 is 0. The molecule has 0 amide bonds. The lowest BCUT2D eigenvalue weighted by Gasteiger charge is -2.45. The van der Waals surface area contributed by atoms with E-state index in [-0.39, 0.29) is 28.4 Å². The highest BCUT2D eigenvalue weighted by molar-refractivity contribution is 7.00. The standard InChI is InChI=1S/C56H59BN4/c1-53(2,3)38-18-24-42(25-19-38)60-48-28-22-40(55(7,8)9)32-44(48)57-45-33-41(56(10,11)12)23-29-49(45)61(43-26-20-39(21-27-43)54(4,5)6)51-31-37(30-50(60)52(51)57)47-35-58-34-46(59-47)36-16-14-13-15-17-36/h13-35H,1-12H3. The van der Waals surface area contributed by atoms with Gasteiger partial charge in [-0.3, -0.25) is 4.98 Å². The molecule has 306 valence electrons. The lowest BCUT2D eigenvalue weighted by Crippen LogP contribution is -2.61. The number of benzene rings is 6. The Kier molecular flexibility index (Phi) is 9.51. The lowest BCUT2D eigenvalue weighted by atomic mass is 9.33. The van der Waals surface area contributed by atoms with Gasteiger partial charge in [-0.15, -0.1) is 0 Å². The minimum atomic E-state index is -0.0325. The fourth-order valence-electron chi connectivity index (χ4n) is 9.12. The van der Waals surface area contributed by atoms with E-state index in [1.54, 1.807) is 0 Å². The van der Waals surface area contributed by atoms with Gasteiger partial charge in [0.2, 0.25) is 0 Å². The summed E-state index contributed by atoms with van der Waals surface area (Å²) in [6.45, 7) is 27.7. The van der Waals surface area contributed by atoms with Gasteiger partial charge in [0, 0.05) is 45.3 Å². The van der Waals surface area contributed by atoms with Crippen LogP contribution in [0, 0.1) is 0 Å². The van der Waals surface area contributed by atoms with Gasteiger partial charge < -0.3 is 9.80 Å². The Morgan fingerprint density at radius 2 is 0.787 bits per heavy atom.